The molecule has 0 radical (unpaired) electrons. The van der Waals surface area contributed by atoms with Gasteiger partial charge < -0.3 is 10.1 Å². The quantitative estimate of drug-likeness (QED) is 0.872. The molecule has 1 aromatic rings. The van der Waals surface area contributed by atoms with Crippen LogP contribution in [0.4, 0.5) is 0 Å². The van der Waals surface area contributed by atoms with Crippen molar-refractivity contribution in [3.63, 3.8) is 0 Å². The van der Waals surface area contributed by atoms with E-state index in [2.05, 4.69) is 26.1 Å². The van der Waals surface area contributed by atoms with E-state index in [1.807, 2.05) is 25.2 Å². The molecule has 0 saturated carbocycles. The highest BCUT2D eigenvalue weighted by molar-refractivity contribution is 6.30. The second-order valence-electron chi connectivity index (χ2n) is 4.58. The molecule has 1 unspecified atom stereocenters. The van der Waals surface area contributed by atoms with Crippen molar-refractivity contribution in [1.29, 1.82) is 0 Å². The Hall–Kier alpha value is -0.730. The van der Waals surface area contributed by atoms with Crippen LogP contribution in [0.2, 0.25) is 5.02 Å². The molecule has 0 amide bonds. The molecule has 0 aliphatic rings. The van der Waals surface area contributed by atoms with Crippen LogP contribution in [0.5, 0.6) is 5.75 Å². The van der Waals surface area contributed by atoms with Gasteiger partial charge in [0.1, 0.15) is 5.75 Å². The number of methoxy groups -OCH3 is 1. The lowest BCUT2D eigenvalue weighted by Gasteiger charge is -2.32. The number of nitrogens with one attached hydrogen (secondary N) is 1. The molecule has 1 N–H and O–H groups in total. The molecule has 0 saturated heterocycles. The average molecular weight is 242 g/mol. The smallest absolute Gasteiger partial charge is 0.122 e. The number of benzene rings is 1. The molecule has 2 nitrogen and oxygen atoms in total. The van der Waals surface area contributed by atoms with Crippen LogP contribution in [0.3, 0.4) is 0 Å². The van der Waals surface area contributed by atoms with Crippen molar-refractivity contribution in [2.24, 2.45) is 0 Å². The summed E-state index contributed by atoms with van der Waals surface area (Å²) >= 11 is 6.04. The van der Waals surface area contributed by atoms with Gasteiger partial charge in [-0.3, -0.25) is 0 Å². The molecule has 0 aromatic heterocycles. The summed E-state index contributed by atoms with van der Waals surface area (Å²) in [5.41, 5.74) is 1.13. The maximum absolute atomic E-state index is 6.04. The largest absolute Gasteiger partial charge is 0.496 e. The molecule has 0 aliphatic heterocycles. The van der Waals surface area contributed by atoms with Gasteiger partial charge in [0.15, 0.2) is 0 Å². The molecule has 16 heavy (non-hydrogen) atoms. The molecule has 1 rings (SSSR count). The second-order valence-corrected chi connectivity index (χ2v) is 5.02. The van der Waals surface area contributed by atoms with Gasteiger partial charge in [-0.25, -0.2) is 0 Å². The lowest BCUT2D eigenvalue weighted by atomic mass is 9.83. The summed E-state index contributed by atoms with van der Waals surface area (Å²) in [6.07, 6.45) is 0. The van der Waals surface area contributed by atoms with Crippen molar-refractivity contribution in [3.05, 3.63) is 28.8 Å². The molecule has 3 heteroatoms. The van der Waals surface area contributed by atoms with Gasteiger partial charge in [-0.05, 0) is 39.1 Å². The molecule has 90 valence electrons. The lowest BCUT2D eigenvalue weighted by molar-refractivity contribution is 0.343. The number of halogens is 1. The number of rotatable bonds is 4. The fourth-order valence-corrected chi connectivity index (χ4v) is 1.83. The van der Waals surface area contributed by atoms with E-state index in [0.717, 1.165) is 16.3 Å². The minimum atomic E-state index is -0.00202. The van der Waals surface area contributed by atoms with Crippen molar-refractivity contribution in [1.82, 2.24) is 5.32 Å². The van der Waals surface area contributed by atoms with Crippen molar-refractivity contribution >= 4 is 11.6 Å². The van der Waals surface area contributed by atoms with E-state index in [1.165, 1.54) is 0 Å². The van der Waals surface area contributed by atoms with E-state index < -0.39 is 0 Å². The fourth-order valence-electron chi connectivity index (χ4n) is 1.65. The van der Waals surface area contributed by atoms with E-state index in [4.69, 9.17) is 16.3 Å². The van der Waals surface area contributed by atoms with Gasteiger partial charge in [0.2, 0.25) is 0 Å². The van der Waals surface area contributed by atoms with Gasteiger partial charge in [0.05, 0.1) is 7.11 Å². The van der Waals surface area contributed by atoms with Gasteiger partial charge >= 0.3 is 0 Å². The summed E-state index contributed by atoms with van der Waals surface area (Å²) in [6.45, 7) is 6.50. The van der Waals surface area contributed by atoms with Crippen molar-refractivity contribution < 1.29 is 4.74 Å². The first-order chi connectivity index (χ1) is 7.42. The number of likely N-dealkylation sites (N-methyl/N-ethyl adjacent to an activating group) is 1. The molecule has 0 aliphatic carbocycles. The highest BCUT2D eigenvalue weighted by Gasteiger charge is 2.27. The predicted molar refractivity (Wildman–Crippen MR) is 69.6 cm³/mol. The Morgan fingerprint density at radius 3 is 2.50 bits per heavy atom. The third-order valence-electron chi connectivity index (χ3n) is 3.39. The van der Waals surface area contributed by atoms with Crippen LogP contribution in [0.15, 0.2) is 18.2 Å². The van der Waals surface area contributed by atoms with Crippen LogP contribution in [-0.4, -0.2) is 19.7 Å². The Balaban J connectivity index is 3.16. The molecule has 0 spiro atoms. The Morgan fingerprint density at radius 2 is 2.00 bits per heavy atom. The zero-order chi connectivity index (χ0) is 12.3. The van der Waals surface area contributed by atoms with Gasteiger partial charge in [-0.15, -0.1) is 0 Å². The zero-order valence-electron chi connectivity index (χ0n) is 10.6. The van der Waals surface area contributed by atoms with Crippen LogP contribution in [0, 0.1) is 0 Å². The zero-order valence-corrected chi connectivity index (χ0v) is 11.4. The third-order valence-corrected chi connectivity index (χ3v) is 3.62. The van der Waals surface area contributed by atoms with Crippen LogP contribution >= 0.6 is 11.6 Å². The Kier molecular flexibility index (Phi) is 4.22. The molecule has 0 heterocycles. The maximum atomic E-state index is 6.04. The number of hydrogen-bond acceptors (Lipinski definition) is 2. The van der Waals surface area contributed by atoms with E-state index in [1.54, 1.807) is 7.11 Å². The van der Waals surface area contributed by atoms with Crippen LogP contribution in [0.1, 0.15) is 32.3 Å². The second kappa shape index (κ2) is 5.07. The van der Waals surface area contributed by atoms with Crippen molar-refractivity contribution in [3.8, 4) is 5.75 Å². The molecule has 0 bridgehead atoms. The summed E-state index contributed by atoms with van der Waals surface area (Å²) in [6, 6.07) is 5.74. The maximum Gasteiger partial charge on any atom is 0.122 e. The molecule has 0 fully saturated rings. The minimum Gasteiger partial charge on any atom is -0.496 e. The fraction of sp³-hybridized carbons (Fsp3) is 0.538. The van der Waals surface area contributed by atoms with E-state index >= 15 is 0 Å². The van der Waals surface area contributed by atoms with Crippen molar-refractivity contribution in [2.75, 3.05) is 14.2 Å². The number of ether oxygens (including phenoxy) is 1. The van der Waals surface area contributed by atoms with Crippen LogP contribution in [-0.2, 0) is 0 Å². The van der Waals surface area contributed by atoms with Gasteiger partial charge in [0.25, 0.3) is 0 Å². The van der Waals surface area contributed by atoms with Gasteiger partial charge in [-0.1, -0.05) is 18.5 Å². The highest BCUT2D eigenvalue weighted by atomic mass is 35.5. The minimum absolute atomic E-state index is 0.00202. The molecule has 1 aromatic carbocycles. The first-order valence-electron chi connectivity index (χ1n) is 5.44. The number of hydrogen-bond donors (Lipinski definition) is 1. The van der Waals surface area contributed by atoms with E-state index in [-0.39, 0.29) is 5.54 Å². The van der Waals surface area contributed by atoms with Crippen LogP contribution in [0.25, 0.3) is 0 Å². The summed E-state index contributed by atoms with van der Waals surface area (Å²) in [4.78, 5) is 0. The van der Waals surface area contributed by atoms with E-state index in [0.29, 0.717) is 5.92 Å². The monoisotopic (exact) mass is 241 g/mol. The lowest BCUT2D eigenvalue weighted by Crippen LogP contribution is -2.41. The van der Waals surface area contributed by atoms with Crippen molar-refractivity contribution in [2.45, 2.75) is 32.2 Å². The topological polar surface area (TPSA) is 21.3 Å². The Bertz CT molecular complexity index is 363. The summed E-state index contributed by atoms with van der Waals surface area (Å²) in [5, 5.41) is 4.06. The SMILES string of the molecule is CNC(C)(C)C(C)c1cc(Cl)ccc1OC. The first kappa shape index (κ1) is 13.3. The normalized spacial score (nSPS) is 13.6. The summed E-state index contributed by atoms with van der Waals surface area (Å²) < 4.78 is 5.37. The highest BCUT2D eigenvalue weighted by Crippen LogP contribution is 2.35. The average Bonchev–Trinajstić information content (AvgIpc) is 2.28. The summed E-state index contributed by atoms with van der Waals surface area (Å²) in [5.74, 6) is 1.20. The van der Waals surface area contributed by atoms with Gasteiger partial charge in [0, 0.05) is 22.0 Å². The van der Waals surface area contributed by atoms with E-state index in [9.17, 15) is 0 Å². The third kappa shape index (κ3) is 2.69. The Labute approximate surface area is 103 Å². The summed E-state index contributed by atoms with van der Waals surface area (Å²) in [7, 11) is 3.65. The standard InChI is InChI=1S/C13H20ClNO/c1-9(13(2,3)15-4)11-8-10(14)6-7-12(11)16-5/h6-9,15H,1-5H3. The molecular weight excluding hydrogens is 222 g/mol. The van der Waals surface area contributed by atoms with Gasteiger partial charge in [-0.2, -0.15) is 0 Å². The first-order valence-corrected chi connectivity index (χ1v) is 5.82. The molecule has 1 atom stereocenters. The Morgan fingerprint density at radius 1 is 1.38 bits per heavy atom. The van der Waals surface area contributed by atoms with Crippen LogP contribution < -0.4 is 10.1 Å². The predicted octanol–water partition coefficient (Wildman–Crippen LogP) is 3.45. The molecular formula is C13H20ClNO.